The Kier molecular flexibility index (Phi) is 9.22. The van der Waals surface area contributed by atoms with Crippen LogP contribution in [0.15, 0.2) is 99.7 Å². The number of carbonyl (C=O) groups is 2. The van der Waals surface area contributed by atoms with Gasteiger partial charge in [-0.2, -0.15) is 5.10 Å². The van der Waals surface area contributed by atoms with Crippen molar-refractivity contribution in [1.82, 2.24) is 14.8 Å². The lowest BCUT2D eigenvalue weighted by molar-refractivity contribution is -0.142. The number of hydrogen-bond acceptors (Lipinski definition) is 8. The van der Waals surface area contributed by atoms with E-state index in [0.717, 1.165) is 4.31 Å². The lowest BCUT2D eigenvalue weighted by Crippen LogP contribution is -2.42. The summed E-state index contributed by atoms with van der Waals surface area (Å²) in [7, 11) is -1.43. The van der Waals surface area contributed by atoms with Crippen molar-refractivity contribution in [3.8, 4) is 11.4 Å². The first kappa shape index (κ1) is 29.8. The number of benzene rings is 3. The van der Waals surface area contributed by atoms with Crippen LogP contribution in [0.4, 0.5) is 5.69 Å². The summed E-state index contributed by atoms with van der Waals surface area (Å²) < 4.78 is 41.1. The number of hydrazone groups is 1. The lowest BCUT2D eigenvalue weighted by Gasteiger charge is -2.22. The van der Waals surface area contributed by atoms with Crippen LogP contribution in [0.2, 0.25) is 0 Å². The normalized spacial score (nSPS) is 11.3. The molecule has 1 aromatic heterocycles. The van der Waals surface area contributed by atoms with Gasteiger partial charge >= 0.3 is 5.97 Å². The molecule has 0 saturated carbocycles. The zero-order valence-corrected chi connectivity index (χ0v) is 23.9. The molecule has 42 heavy (non-hydrogen) atoms. The maximum Gasteiger partial charge on any atom is 0.343 e. The van der Waals surface area contributed by atoms with Gasteiger partial charge in [0.1, 0.15) is 18.0 Å². The molecule has 0 bridgehead atoms. The molecule has 1 amide bonds. The van der Waals surface area contributed by atoms with Crippen molar-refractivity contribution in [1.29, 1.82) is 0 Å². The predicted molar refractivity (Wildman–Crippen MR) is 156 cm³/mol. The number of nitrogens with one attached hydrogen (secondary N) is 1. The van der Waals surface area contributed by atoms with Crippen molar-refractivity contribution in [3.05, 3.63) is 107 Å². The van der Waals surface area contributed by atoms with Crippen molar-refractivity contribution in [2.24, 2.45) is 12.1 Å². The molecule has 0 fully saturated rings. The molecule has 0 aliphatic heterocycles. The molecule has 0 saturated heterocycles. The molecule has 0 aliphatic carbocycles. The summed E-state index contributed by atoms with van der Waals surface area (Å²) in [6.45, 7) is 0.668. The van der Waals surface area contributed by atoms with Gasteiger partial charge in [0.05, 0.1) is 29.6 Å². The molecule has 1 N–H and O–H groups in total. The van der Waals surface area contributed by atoms with Crippen LogP contribution in [0, 0.1) is 6.92 Å². The standard InChI is InChI=1S/C29H29N5O7S/c1-21-28(29(37)34(32(21)2)23-10-6-4-7-11-23)33(42(38,39)25-12-8-5-9-13-25)19-26(35)31-30-18-22-14-16-24(17-15-22)41-20-27(36)40-3/h4-18H,19-20H2,1-3H3,(H,31,35)/b30-18-. The number of nitrogens with zero attached hydrogens (tertiary/aromatic N) is 4. The second-order valence-electron chi connectivity index (χ2n) is 8.96. The van der Waals surface area contributed by atoms with E-state index in [1.54, 1.807) is 86.8 Å². The number of hydrogen-bond donors (Lipinski definition) is 1. The van der Waals surface area contributed by atoms with Gasteiger partial charge in [-0.3, -0.25) is 14.3 Å². The quantitative estimate of drug-likeness (QED) is 0.160. The average molecular weight is 592 g/mol. The van der Waals surface area contributed by atoms with E-state index in [1.165, 1.54) is 34.8 Å². The van der Waals surface area contributed by atoms with E-state index in [4.69, 9.17) is 4.74 Å². The average Bonchev–Trinajstić information content (AvgIpc) is 3.22. The second kappa shape index (κ2) is 13.0. The van der Waals surface area contributed by atoms with Gasteiger partial charge in [0.2, 0.25) is 0 Å². The maximum absolute atomic E-state index is 13.8. The largest absolute Gasteiger partial charge is 0.482 e. The molecule has 218 valence electrons. The number of aromatic nitrogens is 2. The Hall–Kier alpha value is -5.17. The van der Waals surface area contributed by atoms with E-state index >= 15 is 0 Å². The van der Waals surface area contributed by atoms with Gasteiger partial charge in [0.15, 0.2) is 6.61 Å². The third kappa shape index (κ3) is 6.58. The van der Waals surface area contributed by atoms with E-state index in [0.29, 0.717) is 22.7 Å². The molecule has 1 heterocycles. The highest BCUT2D eigenvalue weighted by atomic mass is 32.2. The van der Waals surface area contributed by atoms with Crippen LogP contribution in [-0.4, -0.2) is 56.1 Å². The fourth-order valence-corrected chi connectivity index (χ4v) is 5.53. The summed E-state index contributed by atoms with van der Waals surface area (Å²) in [5, 5.41) is 3.93. The van der Waals surface area contributed by atoms with Gasteiger partial charge in [-0.1, -0.05) is 36.4 Å². The van der Waals surface area contributed by atoms with Crippen LogP contribution in [0.5, 0.6) is 5.75 Å². The number of amides is 1. The monoisotopic (exact) mass is 591 g/mol. The number of carbonyl (C=O) groups excluding carboxylic acids is 2. The Morgan fingerprint density at radius 3 is 2.21 bits per heavy atom. The number of methoxy groups -OCH3 is 1. The van der Waals surface area contributed by atoms with Gasteiger partial charge in [-0.15, -0.1) is 0 Å². The van der Waals surface area contributed by atoms with Crippen LogP contribution < -0.4 is 20.0 Å². The summed E-state index contributed by atoms with van der Waals surface area (Å²) in [5.74, 6) is -0.850. The smallest absolute Gasteiger partial charge is 0.343 e. The number of ether oxygens (including phenoxy) is 2. The number of para-hydroxylation sites is 1. The Morgan fingerprint density at radius 2 is 1.60 bits per heavy atom. The highest BCUT2D eigenvalue weighted by Crippen LogP contribution is 2.25. The molecule has 3 aromatic carbocycles. The van der Waals surface area contributed by atoms with Crippen molar-refractivity contribution in [2.75, 3.05) is 24.6 Å². The fourth-order valence-electron chi connectivity index (χ4n) is 4.04. The zero-order chi connectivity index (χ0) is 30.3. The molecule has 4 aromatic rings. The first-order chi connectivity index (χ1) is 20.1. The highest BCUT2D eigenvalue weighted by molar-refractivity contribution is 7.92. The van der Waals surface area contributed by atoms with Gasteiger partial charge in [0.25, 0.3) is 21.5 Å². The van der Waals surface area contributed by atoms with Gasteiger partial charge < -0.3 is 9.47 Å². The lowest BCUT2D eigenvalue weighted by atomic mass is 10.2. The highest BCUT2D eigenvalue weighted by Gasteiger charge is 2.33. The number of rotatable bonds is 11. The Labute approximate surface area is 242 Å². The molecule has 13 heteroatoms. The molecule has 4 rings (SSSR count). The minimum Gasteiger partial charge on any atom is -0.482 e. The van der Waals surface area contributed by atoms with Gasteiger partial charge in [0, 0.05) is 7.05 Å². The Balaban J connectivity index is 1.60. The summed E-state index contributed by atoms with van der Waals surface area (Å²) in [6.07, 6.45) is 1.36. The topological polar surface area (TPSA) is 141 Å². The minimum absolute atomic E-state index is 0.0790. The third-order valence-corrected chi connectivity index (χ3v) is 8.02. The minimum atomic E-state index is -4.33. The van der Waals surface area contributed by atoms with Crippen molar-refractivity contribution >= 4 is 33.8 Å². The fraction of sp³-hybridized carbons (Fsp3) is 0.172. The molecular weight excluding hydrogens is 562 g/mol. The van der Waals surface area contributed by atoms with E-state index in [-0.39, 0.29) is 17.2 Å². The second-order valence-corrected chi connectivity index (χ2v) is 10.8. The summed E-state index contributed by atoms with van der Waals surface area (Å²) in [4.78, 5) is 37.8. The Bertz CT molecular complexity index is 1750. The maximum atomic E-state index is 13.8. The first-order valence-corrected chi connectivity index (χ1v) is 14.1. The molecule has 12 nitrogen and oxygen atoms in total. The first-order valence-electron chi connectivity index (χ1n) is 12.7. The molecular formula is C29H29N5O7S. The van der Waals surface area contributed by atoms with Crippen LogP contribution in [0.25, 0.3) is 5.69 Å². The number of esters is 1. The van der Waals surface area contributed by atoms with Crippen LogP contribution in [-0.2, 0) is 31.4 Å². The third-order valence-electron chi connectivity index (χ3n) is 6.26. The summed E-state index contributed by atoms with van der Waals surface area (Å²) >= 11 is 0. The van der Waals surface area contributed by atoms with E-state index in [1.807, 2.05) is 0 Å². The van der Waals surface area contributed by atoms with Crippen molar-refractivity contribution < 1.29 is 27.5 Å². The van der Waals surface area contributed by atoms with Crippen molar-refractivity contribution in [2.45, 2.75) is 11.8 Å². The van der Waals surface area contributed by atoms with Crippen LogP contribution in [0.3, 0.4) is 0 Å². The predicted octanol–water partition coefficient (Wildman–Crippen LogP) is 2.38. The molecule has 0 radical (unpaired) electrons. The molecule has 0 aliphatic rings. The summed E-state index contributed by atoms with van der Waals surface area (Å²) in [6, 6.07) is 22.8. The SMILES string of the molecule is COC(=O)COc1ccc(/C=N\NC(=O)CN(c2c(C)n(C)n(-c3ccccc3)c2=O)S(=O)(=O)c2ccccc2)cc1. The number of anilines is 1. The number of sulfonamides is 1. The van der Waals surface area contributed by atoms with Crippen LogP contribution in [0.1, 0.15) is 11.3 Å². The molecule has 0 unspecified atom stereocenters. The van der Waals surface area contributed by atoms with Gasteiger partial charge in [-0.05, 0) is 61.0 Å². The Morgan fingerprint density at radius 1 is 0.976 bits per heavy atom. The van der Waals surface area contributed by atoms with E-state index < -0.39 is 34.0 Å². The van der Waals surface area contributed by atoms with E-state index in [2.05, 4.69) is 15.3 Å². The molecule has 0 atom stereocenters. The summed E-state index contributed by atoms with van der Waals surface area (Å²) in [5.41, 5.74) is 3.03. The molecule has 0 spiro atoms. The van der Waals surface area contributed by atoms with Crippen LogP contribution >= 0.6 is 0 Å². The van der Waals surface area contributed by atoms with E-state index in [9.17, 15) is 22.8 Å². The zero-order valence-electron chi connectivity index (χ0n) is 23.1. The van der Waals surface area contributed by atoms with Crippen molar-refractivity contribution in [3.63, 3.8) is 0 Å². The van der Waals surface area contributed by atoms with Gasteiger partial charge in [-0.25, -0.2) is 27.6 Å².